The van der Waals surface area contributed by atoms with E-state index in [9.17, 15) is 19.2 Å². The van der Waals surface area contributed by atoms with Gasteiger partial charge >= 0.3 is 11.9 Å². The van der Waals surface area contributed by atoms with Crippen LogP contribution in [0.5, 0.6) is 0 Å². The van der Waals surface area contributed by atoms with Gasteiger partial charge in [-0.15, -0.1) is 0 Å². The van der Waals surface area contributed by atoms with Crippen molar-refractivity contribution < 1.29 is 23.9 Å². The Balaban J connectivity index is 1.57. The summed E-state index contributed by atoms with van der Waals surface area (Å²) in [6.07, 6.45) is 0.0627. The monoisotopic (exact) mass is 476 g/mol. The number of Topliss-reactive ketones (excluding diaryl/α,β-unsaturated/α-hetero) is 1. The maximum Gasteiger partial charge on any atom is 0.355 e. The number of rotatable bonds is 7. The largest absolute Gasteiger partial charge is 0.457 e. The van der Waals surface area contributed by atoms with E-state index in [1.807, 2.05) is 30.3 Å². The van der Waals surface area contributed by atoms with Crippen LogP contribution >= 0.6 is 0 Å². The fraction of sp³-hybridized carbons (Fsp3) is 0.320. The van der Waals surface area contributed by atoms with Gasteiger partial charge in [0, 0.05) is 16.5 Å². The van der Waals surface area contributed by atoms with Crippen molar-refractivity contribution in [1.29, 1.82) is 0 Å². The molecule has 2 aliphatic rings. The van der Waals surface area contributed by atoms with Gasteiger partial charge in [-0.2, -0.15) is 0 Å². The molecule has 3 aromatic rings. The average Bonchev–Trinajstić information content (AvgIpc) is 3.22. The number of nitrogens with zero attached hydrogens (tertiary/aromatic N) is 2. The summed E-state index contributed by atoms with van der Waals surface area (Å²) in [5.74, 6) is -1.77. The Bertz CT molecular complexity index is 1450. The Morgan fingerprint density at radius 2 is 2.03 bits per heavy atom. The first-order chi connectivity index (χ1) is 16.9. The number of nitrogens with one attached hydrogen (secondary N) is 1. The maximum absolute atomic E-state index is 13.5. The molecule has 0 aliphatic carbocycles. The summed E-state index contributed by atoms with van der Waals surface area (Å²) in [5.41, 5.74) is 6.65. The zero-order valence-corrected chi connectivity index (χ0v) is 19.1. The second-order valence-electron chi connectivity index (χ2n) is 8.58. The molecule has 4 heterocycles. The minimum atomic E-state index is -1.78. The molecule has 35 heavy (non-hydrogen) atoms. The van der Waals surface area contributed by atoms with Gasteiger partial charge in [0.15, 0.2) is 5.78 Å². The summed E-state index contributed by atoms with van der Waals surface area (Å²) >= 11 is 0. The number of para-hydroxylation sites is 1. The lowest BCUT2D eigenvalue weighted by molar-refractivity contribution is -0.189. The highest BCUT2D eigenvalue weighted by Gasteiger charge is 2.50. The van der Waals surface area contributed by atoms with E-state index in [1.165, 1.54) is 0 Å². The number of carbonyl (C=O) groups is 3. The van der Waals surface area contributed by atoms with Crippen LogP contribution in [0.1, 0.15) is 30.0 Å². The third kappa shape index (κ3) is 3.71. The zero-order chi connectivity index (χ0) is 24.7. The van der Waals surface area contributed by atoms with E-state index in [0.29, 0.717) is 23.5 Å². The minimum Gasteiger partial charge on any atom is -0.457 e. The zero-order valence-electron chi connectivity index (χ0n) is 19.1. The van der Waals surface area contributed by atoms with Gasteiger partial charge < -0.3 is 25.1 Å². The summed E-state index contributed by atoms with van der Waals surface area (Å²) in [7, 11) is 0. The molecule has 0 bridgehead atoms. The van der Waals surface area contributed by atoms with Crippen molar-refractivity contribution in [2.75, 3.05) is 19.6 Å². The van der Waals surface area contributed by atoms with Gasteiger partial charge in [-0.05, 0) is 24.6 Å². The molecule has 2 aromatic heterocycles. The quantitative estimate of drug-likeness (QED) is 0.369. The van der Waals surface area contributed by atoms with Gasteiger partial charge in [0.2, 0.25) is 5.60 Å². The molecule has 0 saturated heterocycles. The number of fused-ring (bicyclic) bond motifs is 5. The molecular weight excluding hydrogens is 452 g/mol. The SMILES string of the molecule is CC[C@@]1(OC(=O)CNCC(=O)CN)C(=O)OCc2c1cc1n(c2=O)Cc2cc3ccccc3nc2-1. The molecule has 0 fully saturated rings. The number of benzene rings is 1. The first kappa shape index (κ1) is 22.9. The van der Waals surface area contributed by atoms with Crippen molar-refractivity contribution in [3.63, 3.8) is 0 Å². The minimum absolute atomic E-state index is 0.0627. The van der Waals surface area contributed by atoms with Crippen molar-refractivity contribution in [3.8, 4) is 11.4 Å². The molecular formula is C25H24N4O6. The molecule has 5 rings (SSSR count). The first-order valence-corrected chi connectivity index (χ1v) is 11.4. The van der Waals surface area contributed by atoms with Crippen molar-refractivity contribution in [3.05, 3.63) is 63.4 Å². The Labute approximate surface area is 200 Å². The van der Waals surface area contributed by atoms with Gasteiger partial charge in [0.05, 0.1) is 48.6 Å². The number of ether oxygens (including phenoxy) is 2. The molecule has 180 valence electrons. The van der Waals surface area contributed by atoms with Crippen LogP contribution in [0, 0.1) is 0 Å². The molecule has 10 heteroatoms. The summed E-state index contributed by atoms with van der Waals surface area (Å²) in [4.78, 5) is 55.3. The van der Waals surface area contributed by atoms with E-state index in [1.54, 1.807) is 17.6 Å². The van der Waals surface area contributed by atoms with E-state index >= 15 is 0 Å². The van der Waals surface area contributed by atoms with Crippen molar-refractivity contribution >= 4 is 28.6 Å². The summed E-state index contributed by atoms with van der Waals surface area (Å²) < 4.78 is 12.6. The topological polar surface area (TPSA) is 143 Å². The number of cyclic esters (lactones) is 1. The lowest BCUT2D eigenvalue weighted by Crippen LogP contribution is -2.48. The maximum atomic E-state index is 13.5. The summed E-state index contributed by atoms with van der Waals surface area (Å²) in [6, 6.07) is 11.4. The predicted molar refractivity (Wildman–Crippen MR) is 125 cm³/mol. The van der Waals surface area contributed by atoms with E-state index in [2.05, 4.69) is 5.32 Å². The molecule has 0 unspecified atom stereocenters. The highest BCUT2D eigenvalue weighted by atomic mass is 16.6. The van der Waals surface area contributed by atoms with E-state index in [4.69, 9.17) is 20.2 Å². The average molecular weight is 476 g/mol. The van der Waals surface area contributed by atoms with Gasteiger partial charge in [0.1, 0.15) is 6.61 Å². The highest BCUT2D eigenvalue weighted by molar-refractivity contribution is 5.89. The molecule has 10 nitrogen and oxygen atoms in total. The molecule has 0 radical (unpaired) electrons. The smallest absolute Gasteiger partial charge is 0.355 e. The third-order valence-electron chi connectivity index (χ3n) is 6.49. The van der Waals surface area contributed by atoms with Crippen LogP contribution in [0.2, 0.25) is 0 Å². The fourth-order valence-electron chi connectivity index (χ4n) is 4.69. The van der Waals surface area contributed by atoms with Gasteiger partial charge in [-0.25, -0.2) is 9.78 Å². The number of pyridine rings is 2. The molecule has 3 N–H and O–H groups in total. The van der Waals surface area contributed by atoms with Gasteiger partial charge in [-0.1, -0.05) is 25.1 Å². The number of nitrogens with two attached hydrogens (primary N) is 1. The second-order valence-corrected chi connectivity index (χ2v) is 8.58. The standard InChI is InChI=1S/C25H24N4O6/c1-2-25(35-21(31)11-27-10-16(30)9-26)18-8-20-22-15(7-14-5-3-4-6-19(14)28-22)12-29(20)23(32)17(18)13-34-24(25)33/h3-8,27H,2,9-13,26H2,1H3/t25-/m0/s1. The fourth-order valence-corrected chi connectivity index (χ4v) is 4.69. The third-order valence-corrected chi connectivity index (χ3v) is 6.49. The van der Waals surface area contributed by atoms with Crippen LogP contribution in [0.25, 0.3) is 22.3 Å². The first-order valence-electron chi connectivity index (χ1n) is 11.4. The number of carbonyl (C=O) groups excluding carboxylic acids is 3. The molecule has 0 saturated carbocycles. The molecule has 1 aromatic carbocycles. The van der Waals surface area contributed by atoms with Crippen LogP contribution in [0.3, 0.4) is 0 Å². The second kappa shape index (κ2) is 8.71. The Morgan fingerprint density at radius 3 is 2.80 bits per heavy atom. The van der Waals surface area contributed by atoms with E-state index < -0.39 is 17.5 Å². The van der Waals surface area contributed by atoms with Crippen molar-refractivity contribution in [2.24, 2.45) is 5.73 Å². The number of ketones is 1. The highest BCUT2D eigenvalue weighted by Crippen LogP contribution is 2.40. The van der Waals surface area contributed by atoms with Crippen LogP contribution in [-0.2, 0) is 42.6 Å². The molecule has 0 spiro atoms. The van der Waals surface area contributed by atoms with Crippen LogP contribution in [-0.4, -0.2) is 46.9 Å². The van der Waals surface area contributed by atoms with Gasteiger partial charge in [-0.3, -0.25) is 14.4 Å². The van der Waals surface area contributed by atoms with Crippen molar-refractivity contribution in [2.45, 2.75) is 32.1 Å². The number of hydrogen-bond donors (Lipinski definition) is 2. The lowest BCUT2D eigenvalue weighted by atomic mass is 9.85. The van der Waals surface area contributed by atoms with Crippen LogP contribution in [0.4, 0.5) is 0 Å². The Hall–Kier alpha value is -3.89. The molecule has 2 aliphatic heterocycles. The molecule has 1 atom stereocenters. The Kier molecular flexibility index (Phi) is 5.70. The summed E-state index contributed by atoms with van der Waals surface area (Å²) in [5, 5.41) is 3.62. The number of aromatic nitrogens is 2. The van der Waals surface area contributed by atoms with Crippen molar-refractivity contribution in [1.82, 2.24) is 14.9 Å². The lowest BCUT2D eigenvalue weighted by Gasteiger charge is -2.35. The van der Waals surface area contributed by atoms with Crippen LogP contribution < -0.4 is 16.6 Å². The van der Waals surface area contributed by atoms with Gasteiger partial charge in [0.25, 0.3) is 5.56 Å². The normalized spacial score (nSPS) is 17.9. The van der Waals surface area contributed by atoms with E-state index in [-0.39, 0.29) is 49.6 Å². The Morgan fingerprint density at radius 1 is 1.23 bits per heavy atom. The molecule has 0 amide bonds. The number of esters is 2. The summed E-state index contributed by atoms with van der Waals surface area (Å²) in [6.45, 7) is 1.26. The number of hydrogen-bond acceptors (Lipinski definition) is 9. The predicted octanol–water partition coefficient (Wildman–Crippen LogP) is 0.748. The van der Waals surface area contributed by atoms with Crippen LogP contribution in [0.15, 0.2) is 41.2 Å². The van der Waals surface area contributed by atoms with E-state index in [0.717, 1.165) is 16.5 Å².